The van der Waals surface area contributed by atoms with Gasteiger partial charge in [0.1, 0.15) is 0 Å². The van der Waals surface area contributed by atoms with Gasteiger partial charge in [-0.05, 0) is 47.7 Å². The highest BCUT2D eigenvalue weighted by Gasteiger charge is 2.03. The summed E-state index contributed by atoms with van der Waals surface area (Å²) >= 11 is 8.08. The molecule has 0 spiro atoms. The van der Waals surface area contributed by atoms with Gasteiger partial charge in [-0.3, -0.25) is 0 Å². The Hall–Kier alpha value is -0.000000000000000111. The molecule has 0 aliphatic rings. The number of halogens is 2. The predicted molar refractivity (Wildman–Crippen MR) is 66.3 cm³/mol. The van der Waals surface area contributed by atoms with E-state index in [1.807, 2.05) is 25.1 Å². The molecule has 0 saturated heterocycles. The molecule has 1 unspecified atom stereocenters. The van der Waals surface area contributed by atoms with Gasteiger partial charge in [-0.25, -0.2) is 0 Å². The van der Waals surface area contributed by atoms with Gasteiger partial charge in [0.2, 0.25) is 0 Å². The van der Waals surface area contributed by atoms with Crippen molar-refractivity contribution in [1.29, 1.82) is 0 Å². The van der Waals surface area contributed by atoms with Crippen LogP contribution in [-0.4, -0.2) is 12.6 Å². The third-order valence-electron chi connectivity index (χ3n) is 1.69. The zero-order valence-electron chi connectivity index (χ0n) is 7.35. The first-order valence-corrected chi connectivity index (χ1v) is 5.51. The van der Waals surface area contributed by atoms with Gasteiger partial charge in [0.25, 0.3) is 0 Å². The van der Waals surface area contributed by atoms with Crippen molar-refractivity contribution in [2.75, 3.05) is 11.9 Å². The van der Waals surface area contributed by atoms with E-state index in [9.17, 15) is 0 Å². The first-order chi connectivity index (χ1) is 6.13. The average molecular weight is 311 g/mol. The van der Waals surface area contributed by atoms with E-state index in [4.69, 9.17) is 17.3 Å². The van der Waals surface area contributed by atoms with E-state index >= 15 is 0 Å². The number of anilines is 1. The molecule has 0 radical (unpaired) electrons. The van der Waals surface area contributed by atoms with Crippen LogP contribution in [0.3, 0.4) is 0 Å². The van der Waals surface area contributed by atoms with Gasteiger partial charge >= 0.3 is 0 Å². The highest BCUT2D eigenvalue weighted by Crippen LogP contribution is 2.22. The van der Waals surface area contributed by atoms with Gasteiger partial charge in [-0.2, -0.15) is 0 Å². The van der Waals surface area contributed by atoms with Gasteiger partial charge in [0.15, 0.2) is 0 Å². The molecule has 4 heteroatoms. The average Bonchev–Trinajstić information content (AvgIpc) is 2.09. The van der Waals surface area contributed by atoms with E-state index < -0.39 is 0 Å². The summed E-state index contributed by atoms with van der Waals surface area (Å²) in [7, 11) is 0. The molecule has 72 valence electrons. The van der Waals surface area contributed by atoms with Crippen molar-refractivity contribution >= 4 is 39.9 Å². The molecule has 1 atom stereocenters. The third-order valence-corrected chi connectivity index (χ3v) is 2.81. The SMILES string of the molecule is CC(CN)Nc1ccc(Cl)cc1I. The van der Waals surface area contributed by atoms with Crippen LogP contribution in [0.5, 0.6) is 0 Å². The molecule has 0 aliphatic heterocycles. The van der Waals surface area contributed by atoms with Gasteiger partial charge in [-0.15, -0.1) is 0 Å². The van der Waals surface area contributed by atoms with Gasteiger partial charge < -0.3 is 11.1 Å². The fourth-order valence-corrected chi connectivity index (χ4v) is 1.96. The molecule has 0 aliphatic carbocycles. The lowest BCUT2D eigenvalue weighted by Gasteiger charge is -2.14. The maximum atomic E-state index is 5.83. The lowest BCUT2D eigenvalue weighted by atomic mass is 10.2. The van der Waals surface area contributed by atoms with Crippen LogP contribution in [0.2, 0.25) is 5.02 Å². The van der Waals surface area contributed by atoms with Gasteiger partial charge in [-0.1, -0.05) is 11.6 Å². The molecule has 0 bridgehead atoms. The van der Waals surface area contributed by atoms with E-state index in [2.05, 4.69) is 27.9 Å². The summed E-state index contributed by atoms with van der Waals surface area (Å²) in [5.74, 6) is 0. The molecule has 0 fully saturated rings. The summed E-state index contributed by atoms with van der Waals surface area (Å²) in [5.41, 5.74) is 6.59. The first kappa shape index (κ1) is 11.1. The Morgan fingerprint density at radius 1 is 1.62 bits per heavy atom. The number of benzene rings is 1. The fraction of sp³-hybridized carbons (Fsp3) is 0.333. The Kier molecular flexibility index (Phi) is 4.28. The number of nitrogens with one attached hydrogen (secondary N) is 1. The topological polar surface area (TPSA) is 38.0 Å². The Morgan fingerprint density at radius 2 is 2.31 bits per heavy atom. The molecule has 0 heterocycles. The summed E-state index contributed by atoms with van der Waals surface area (Å²) < 4.78 is 1.12. The molecule has 0 saturated carbocycles. The molecular weight excluding hydrogens is 298 g/mol. The van der Waals surface area contributed by atoms with E-state index in [-0.39, 0.29) is 6.04 Å². The lowest BCUT2D eigenvalue weighted by Crippen LogP contribution is -2.25. The molecule has 2 nitrogen and oxygen atoms in total. The van der Waals surface area contributed by atoms with Crippen molar-refractivity contribution in [1.82, 2.24) is 0 Å². The maximum Gasteiger partial charge on any atom is 0.0479 e. The number of nitrogens with two attached hydrogens (primary N) is 1. The van der Waals surface area contributed by atoms with Crippen molar-refractivity contribution in [3.8, 4) is 0 Å². The second-order valence-electron chi connectivity index (χ2n) is 2.91. The third kappa shape index (κ3) is 3.32. The van der Waals surface area contributed by atoms with Crippen molar-refractivity contribution < 1.29 is 0 Å². The van der Waals surface area contributed by atoms with Crippen LogP contribution in [0.25, 0.3) is 0 Å². The lowest BCUT2D eigenvalue weighted by molar-refractivity contribution is 0.803. The van der Waals surface area contributed by atoms with Crippen LogP contribution in [0.15, 0.2) is 18.2 Å². The number of hydrogen-bond donors (Lipinski definition) is 2. The summed E-state index contributed by atoms with van der Waals surface area (Å²) in [5, 5.41) is 4.06. The fourth-order valence-electron chi connectivity index (χ4n) is 0.931. The summed E-state index contributed by atoms with van der Waals surface area (Å²) in [4.78, 5) is 0. The highest BCUT2D eigenvalue weighted by molar-refractivity contribution is 14.1. The Balaban J connectivity index is 2.77. The van der Waals surface area contributed by atoms with Crippen molar-refractivity contribution in [3.05, 3.63) is 26.8 Å². The van der Waals surface area contributed by atoms with E-state index in [0.717, 1.165) is 14.3 Å². The minimum Gasteiger partial charge on any atom is -0.380 e. The molecule has 1 aromatic rings. The smallest absolute Gasteiger partial charge is 0.0479 e. The zero-order valence-corrected chi connectivity index (χ0v) is 10.3. The van der Waals surface area contributed by atoms with Crippen LogP contribution in [-0.2, 0) is 0 Å². The molecule has 0 amide bonds. The normalized spacial score (nSPS) is 12.6. The number of hydrogen-bond acceptors (Lipinski definition) is 2. The zero-order chi connectivity index (χ0) is 9.84. The van der Waals surface area contributed by atoms with Crippen molar-refractivity contribution in [3.63, 3.8) is 0 Å². The molecule has 0 aromatic heterocycles. The van der Waals surface area contributed by atoms with Gasteiger partial charge in [0.05, 0.1) is 0 Å². The molecule has 1 aromatic carbocycles. The molecular formula is C9H12ClIN2. The second-order valence-corrected chi connectivity index (χ2v) is 4.50. The van der Waals surface area contributed by atoms with Crippen molar-refractivity contribution in [2.45, 2.75) is 13.0 Å². The van der Waals surface area contributed by atoms with Crippen LogP contribution in [0, 0.1) is 3.57 Å². The predicted octanol–water partition coefficient (Wildman–Crippen LogP) is 2.70. The minimum absolute atomic E-state index is 0.287. The monoisotopic (exact) mass is 310 g/mol. The van der Waals surface area contributed by atoms with Crippen molar-refractivity contribution in [2.24, 2.45) is 5.73 Å². The summed E-state index contributed by atoms with van der Waals surface area (Å²) in [6, 6.07) is 6.05. The standard InChI is InChI=1S/C9H12ClIN2/c1-6(5-12)13-9-3-2-7(10)4-8(9)11/h2-4,6,13H,5,12H2,1H3. The summed E-state index contributed by atoms with van der Waals surface area (Å²) in [6.45, 7) is 2.67. The van der Waals surface area contributed by atoms with E-state index in [1.54, 1.807) is 0 Å². The minimum atomic E-state index is 0.287. The van der Waals surface area contributed by atoms with Gasteiger partial charge in [0, 0.05) is 26.9 Å². The molecule has 3 N–H and O–H groups in total. The Morgan fingerprint density at radius 3 is 2.85 bits per heavy atom. The maximum absolute atomic E-state index is 5.83. The van der Waals surface area contributed by atoms with Crippen LogP contribution in [0.4, 0.5) is 5.69 Å². The van der Waals surface area contributed by atoms with Crippen LogP contribution >= 0.6 is 34.2 Å². The van der Waals surface area contributed by atoms with E-state index in [1.165, 1.54) is 0 Å². The van der Waals surface area contributed by atoms with E-state index in [0.29, 0.717) is 6.54 Å². The Bertz CT molecular complexity index is 291. The Labute approximate surface area is 97.0 Å². The quantitative estimate of drug-likeness (QED) is 0.843. The summed E-state index contributed by atoms with van der Waals surface area (Å²) in [6.07, 6.45) is 0. The second kappa shape index (κ2) is 5.02. The molecule has 1 rings (SSSR count). The largest absolute Gasteiger partial charge is 0.380 e. The molecule has 13 heavy (non-hydrogen) atoms. The highest BCUT2D eigenvalue weighted by atomic mass is 127. The van der Waals surface area contributed by atoms with Crippen LogP contribution in [0.1, 0.15) is 6.92 Å². The first-order valence-electron chi connectivity index (χ1n) is 4.05. The number of rotatable bonds is 3. The van der Waals surface area contributed by atoms with Crippen LogP contribution < -0.4 is 11.1 Å².